The van der Waals surface area contributed by atoms with E-state index in [-0.39, 0.29) is 55.6 Å². The average Bonchev–Trinajstić information content (AvgIpc) is 1.38. The van der Waals surface area contributed by atoms with Crippen LogP contribution in [-0.4, -0.2) is 40.5 Å². The average molecular weight is 213 g/mol. The summed E-state index contributed by atoms with van der Waals surface area (Å²) in [6.45, 7) is -0.278. The Bertz CT molecular complexity index is 52.5. The summed E-state index contributed by atoms with van der Waals surface area (Å²) in [6.07, 6.45) is 0. The summed E-state index contributed by atoms with van der Waals surface area (Å²) in [5.41, 5.74) is 4.57. The molecule has 0 aromatic rings. The quantitative estimate of drug-likeness (QED) is 0.464. The summed E-state index contributed by atoms with van der Waals surface area (Å²) in [5, 5.41) is 7.60. The van der Waals surface area contributed by atoms with Gasteiger partial charge in [-0.2, -0.15) is 0 Å². The molecule has 8 heavy (non-hydrogen) atoms. The molecule has 1 radical (unpaired) electrons. The first kappa shape index (κ1) is 23.2. The number of nitrogens with two attached hydrogens (primary N) is 1. The van der Waals surface area contributed by atoms with E-state index in [1.165, 1.54) is 0 Å². The van der Waals surface area contributed by atoms with Gasteiger partial charge in [-0.05, 0) is 0 Å². The standard InChI is InChI=1S/C2H5NO2.Al.H2O.Zr.2H/c3-1-2(4)5;;;;;/h1,3H2,(H,4,5);;1H2;;;. The van der Waals surface area contributed by atoms with Gasteiger partial charge in [-0.1, -0.05) is 0 Å². The summed E-state index contributed by atoms with van der Waals surface area (Å²) in [5.74, 6) is -0.968. The molecule has 0 fully saturated rings. The van der Waals surface area contributed by atoms with E-state index >= 15 is 0 Å². The Hall–Kier alpha value is 0.806. The maximum Gasteiger partial charge on any atom is 0.317 e. The summed E-state index contributed by atoms with van der Waals surface area (Å²) in [6, 6.07) is 0. The molecule has 0 heterocycles. The normalized spacial score (nSPS) is 4.62. The van der Waals surface area contributed by atoms with Crippen LogP contribution in [-0.2, 0) is 31.0 Å². The molecule has 0 aromatic heterocycles. The van der Waals surface area contributed by atoms with E-state index < -0.39 is 5.97 Å². The van der Waals surface area contributed by atoms with Gasteiger partial charge in [-0.3, -0.25) is 4.79 Å². The molecule has 0 aliphatic heterocycles. The fraction of sp³-hybridized carbons (Fsp3) is 0.500. The molecule has 0 saturated carbocycles. The minimum Gasteiger partial charge on any atom is -0.480 e. The summed E-state index contributed by atoms with van der Waals surface area (Å²) in [7, 11) is 0. The van der Waals surface area contributed by atoms with E-state index in [0.29, 0.717) is 0 Å². The maximum absolute atomic E-state index is 9.24. The number of hydrogen-bond donors (Lipinski definition) is 2. The Balaban J connectivity index is -0.0000000267. The minimum atomic E-state index is -0.968. The molecule has 0 spiro atoms. The van der Waals surface area contributed by atoms with Gasteiger partial charge in [-0.25, -0.2) is 0 Å². The number of hydrogen-bond acceptors (Lipinski definition) is 2. The number of aliphatic carboxylic acids is 1. The Morgan fingerprint density at radius 1 is 1.62 bits per heavy atom. The van der Waals surface area contributed by atoms with E-state index in [2.05, 4.69) is 5.73 Å². The van der Waals surface area contributed by atoms with Crippen molar-refractivity contribution in [3.8, 4) is 0 Å². The Morgan fingerprint density at radius 3 is 1.75 bits per heavy atom. The van der Waals surface area contributed by atoms with E-state index in [1.54, 1.807) is 0 Å². The second-order valence-electron chi connectivity index (χ2n) is 0.598. The second kappa shape index (κ2) is 15.7. The van der Waals surface area contributed by atoms with Gasteiger partial charge >= 0.3 is 5.97 Å². The molecule has 0 saturated heterocycles. The Morgan fingerprint density at radius 2 is 1.75 bits per heavy atom. The van der Waals surface area contributed by atoms with Crippen LogP contribution >= 0.6 is 0 Å². The van der Waals surface area contributed by atoms with Crippen LogP contribution in [0.4, 0.5) is 0 Å². The van der Waals surface area contributed by atoms with Crippen molar-refractivity contribution in [2.24, 2.45) is 5.73 Å². The Kier molecular flexibility index (Phi) is 45.5. The van der Waals surface area contributed by atoms with Gasteiger partial charge in [0.2, 0.25) is 0 Å². The zero-order chi connectivity index (χ0) is 4.28. The monoisotopic (exact) mass is 212 g/mol. The molecule has 4 nitrogen and oxygen atoms in total. The molecule has 0 atom stereocenters. The van der Waals surface area contributed by atoms with E-state index in [0.717, 1.165) is 0 Å². The van der Waals surface area contributed by atoms with Crippen LogP contribution in [0.25, 0.3) is 0 Å². The summed E-state index contributed by atoms with van der Waals surface area (Å²) >= 11 is 0. The summed E-state index contributed by atoms with van der Waals surface area (Å²) in [4.78, 5) is 9.24. The molecule has 0 aliphatic carbocycles. The molecule has 0 unspecified atom stereocenters. The van der Waals surface area contributed by atoms with Crippen molar-refractivity contribution in [1.29, 1.82) is 0 Å². The van der Waals surface area contributed by atoms with E-state index in [9.17, 15) is 4.79 Å². The predicted octanol–water partition coefficient (Wildman–Crippen LogP) is -2.71. The molecule has 5 N–H and O–H groups in total. The molecule has 0 aromatic carbocycles. The second-order valence-corrected chi connectivity index (χ2v) is 0.598. The molecular weight excluding hydrogens is 204 g/mol. The van der Waals surface area contributed by atoms with Crippen LogP contribution in [0.15, 0.2) is 0 Å². The smallest absolute Gasteiger partial charge is 0.317 e. The van der Waals surface area contributed by atoms with Crippen molar-refractivity contribution in [1.82, 2.24) is 0 Å². The molecule has 0 bridgehead atoms. The number of carbonyl (C=O) groups is 1. The predicted molar refractivity (Wildman–Crippen MR) is 28.8 cm³/mol. The number of carboxylic acid groups (broad SMARTS) is 1. The largest absolute Gasteiger partial charge is 0.480 e. The van der Waals surface area contributed by atoms with Crippen molar-refractivity contribution >= 4 is 23.3 Å². The van der Waals surface area contributed by atoms with Gasteiger partial charge in [0.05, 0.1) is 6.54 Å². The van der Waals surface area contributed by atoms with Gasteiger partial charge in [0.25, 0.3) is 0 Å². The fourth-order valence-electron chi connectivity index (χ4n) is 0. The van der Waals surface area contributed by atoms with Crippen molar-refractivity contribution in [3.63, 3.8) is 0 Å². The molecule has 0 aliphatic rings. The third-order valence-electron chi connectivity index (χ3n) is 0.175. The third-order valence-corrected chi connectivity index (χ3v) is 0.175. The van der Waals surface area contributed by atoms with Crippen LogP contribution in [0.3, 0.4) is 0 Å². The van der Waals surface area contributed by atoms with Gasteiger partial charge in [-0.15, -0.1) is 0 Å². The molecular formula is C2H9AlNO3Zr. The van der Waals surface area contributed by atoms with Crippen LogP contribution in [0.2, 0.25) is 0 Å². The van der Waals surface area contributed by atoms with Gasteiger partial charge in [0.1, 0.15) is 17.4 Å². The van der Waals surface area contributed by atoms with Crippen molar-refractivity contribution in [2.75, 3.05) is 6.54 Å². The van der Waals surface area contributed by atoms with Crippen molar-refractivity contribution < 1.29 is 41.6 Å². The van der Waals surface area contributed by atoms with Gasteiger partial charge in [0.15, 0.2) is 0 Å². The number of rotatable bonds is 1. The minimum absolute atomic E-state index is 0. The maximum atomic E-state index is 9.24. The van der Waals surface area contributed by atoms with Crippen molar-refractivity contribution in [2.45, 2.75) is 0 Å². The van der Waals surface area contributed by atoms with Crippen LogP contribution in [0.5, 0.6) is 0 Å². The molecule has 0 rings (SSSR count). The van der Waals surface area contributed by atoms with Crippen LogP contribution < -0.4 is 5.73 Å². The number of carboxylic acids is 1. The molecule has 47 valence electrons. The Labute approximate surface area is 77.0 Å². The van der Waals surface area contributed by atoms with Gasteiger partial charge < -0.3 is 16.3 Å². The van der Waals surface area contributed by atoms with Gasteiger partial charge in [0, 0.05) is 26.2 Å². The topological polar surface area (TPSA) is 94.8 Å². The molecule has 6 heteroatoms. The van der Waals surface area contributed by atoms with E-state index in [1.807, 2.05) is 0 Å². The van der Waals surface area contributed by atoms with Crippen molar-refractivity contribution in [3.05, 3.63) is 0 Å². The van der Waals surface area contributed by atoms with E-state index in [4.69, 9.17) is 5.11 Å². The fourth-order valence-corrected chi connectivity index (χ4v) is 0. The van der Waals surface area contributed by atoms with Crippen LogP contribution in [0, 0.1) is 0 Å². The molecule has 0 amide bonds. The SMILES string of the molecule is NCC(=O)O.O.[AlH2].[Zr]. The first-order chi connectivity index (χ1) is 2.27. The first-order valence-electron chi connectivity index (χ1n) is 1.19. The summed E-state index contributed by atoms with van der Waals surface area (Å²) < 4.78 is 0. The van der Waals surface area contributed by atoms with Crippen LogP contribution in [0.1, 0.15) is 0 Å². The third kappa shape index (κ3) is 29.1. The first-order valence-corrected chi connectivity index (χ1v) is 1.19. The zero-order valence-corrected chi connectivity index (χ0v) is 9.10. The zero-order valence-electron chi connectivity index (χ0n) is 4.64.